The number of carbonyl (C=O) groups excluding carboxylic acids is 2. The van der Waals surface area contributed by atoms with Gasteiger partial charge in [0, 0.05) is 24.3 Å². The third kappa shape index (κ3) is 4.30. The summed E-state index contributed by atoms with van der Waals surface area (Å²) in [5, 5.41) is 2.88. The van der Waals surface area contributed by atoms with E-state index in [-0.39, 0.29) is 29.6 Å². The van der Waals surface area contributed by atoms with E-state index in [1.54, 1.807) is 36.3 Å². The smallest absolute Gasteiger partial charge is 0.229 e. The van der Waals surface area contributed by atoms with Crippen LogP contribution in [0, 0.1) is 5.92 Å². The lowest BCUT2D eigenvalue weighted by molar-refractivity contribution is -0.122. The normalized spacial score (nSPS) is 17.1. The molecule has 1 N–H and O–H groups in total. The number of hydrogen-bond donors (Lipinski definition) is 1. The molecule has 0 spiro atoms. The minimum atomic E-state index is -0.359. The Kier molecular flexibility index (Phi) is 5.22. The molecule has 0 aliphatic carbocycles. The Balaban J connectivity index is 1.66. The molecule has 1 unspecified atom stereocenters. The largest absolute Gasteiger partial charge is 0.497 e. The van der Waals surface area contributed by atoms with Crippen molar-refractivity contribution in [3.8, 4) is 5.75 Å². The fraction of sp³-hybridized carbons (Fsp3) is 0.364. The summed E-state index contributed by atoms with van der Waals surface area (Å²) in [7, 11) is 1.60. The lowest BCUT2D eigenvalue weighted by Crippen LogP contribution is -2.28. The van der Waals surface area contributed by atoms with Gasteiger partial charge in [0.05, 0.1) is 13.0 Å². The van der Waals surface area contributed by atoms with Gasteiger partial charge in [0.1, 0.15) is 5.75 Å². The van der Waals surface area contributed by atoms with E-state index in [4.69, 9.17) is 4.74 Å². The zero-order valence-electron chi connectivity index (χ0n) is 16.3. The fourth-order valence-corrected chi connectivity index (χ4v) is 3.19. The highest BCUT2D eigenvalue weighted by Crippen LogP contribution is 2.29. The number of carbonyl (C=O) groups is 2. The molecular formula is C22H26N2O3. The van der Waals surface area contributed by atoms with Crippen LogP contribution in [-0.2, 0) is 15.0 Å². The van der Waals surface area contributed by atoms with Crippen LogP contribution in [0.25, 0.3) is 0 Å². The van der Waals surface area contributed by atoms with E-state index in [2.05, 4.69) is 26.1 Å². The number of nitrogens with one attached hydrogen (secondary N) is 1. The summed E-state index contributed by atoms with van der Waals surface area (Å²) >= 11 is 0. The molecule has 27 heavy (non-hydrogen) atoms. The van der Waals surface area contributed by atoms with Crippen molar-refractivity contribution in [1.82, 2.24) is 0 Å². The Hall–Kier alpha value is -2.82. The predicted molar refractivity (Wildman–Crippen MR) is 107 cm³/mol. The molecule has 1 saturated heterocycles. The van der Waals surface area contributed by atoms with Crippen LogP contribution in [0.3, 0.4) is 0 Å². The summed E-state index contributed by atoms with van der Waals surface area (Å²) in [5.41, 5.74) is 2.81. The second-order valence-corrected chi connectivity index (χ2v) is 7.92. The number of benzene rings is 2. The first-order valence-electron chi connectivity index (χ1n) is 9.14. The van der Waals surface area contributed by atoms with E-state index in [0.717, 1.165) is 11.4 Å². The molecule has 1 atom stereocenters. The fourth-order valence-electron chi connectivity index (χ4n) is 3.19. The van der Waals surface area contributed by atoms with Crippen LogP contribution in [0.15, 0.2) is 48.5 Å². The summed E-state index contributed by atoms with van der Waals surface area (Å²) in [6.07, 6.45) is 0.225. The Bertz CT molecular complexity index is 820. The summed E-state index contributed by atoms with van der Waals surface area (Å²) in [6, 6.07) is 15.2. The first-order valence-corrected chi connectivity index (χ1v) is 9.14. The molecule has 2 aromatic rings. The summed E-state index contributed by atoms with van der Waals surface area (Å²) in [5.74, 6) is 0.214. The maximum atomic E-state index is 12.6. The molecule has 0 saturated carbocycles. The van der Waals surface area contributed by atoms with Gasteiger partial charge in [-0.2, -0.15) is 0 Å². The maximum Gasteiger partial charge on any atom is 0.229 e. The number of rotatable bonds is 4. The predicted octanol–water partition coefficient (Wildman–Crippen LogP) is 3.98. The van der Waals surface area contributed by atoms with E-state index < -0.39 is 0 Å². The average Bonchev–Trinajstić information content (AvgIpc) is 3.03. The molecule has 1 fully saturated rings. The van der Waals surface area contributed by atoms with Crippen molar-refractivity contribution in [2.45, 2.75) is 32.6 Å². The van der Waals surface area contributed by atoms with Gasteiger partial charge in [-0.05, 0) is 47.4 Å². The number of hydrogen-bond acceptors (Lipinski definition) is 3. The lowest BCUT2D eigenvalue weighted by Gasteiger charge is -2.21. The van der Waals surface area contributed by atoms with Gasteiger partial charge in [0.15, 0.2) is 0 Å². The number of amides is 2. The third-order valence-corrected chi connectivity index (χ3v) is 4.90. The van der Waals surface area contributed by atoms with Crippen LogP contribution in [0.4, 0.5) is 11.4 Å². The molecule has 5 heteroatoms. The van der Waals surface area contributed by atoms with Crippen LogP contribution < -0.4 is 15.0 Å². The SMILES string of the molecule is COc1ccc(NC(=O)C2CC(=O)N(c3ccc(C(C)(C)C)cc3)C2)cc1. The zero-order chi connectivity index (χ0) is 19.6. The highest BCUT2D eigenvalue weighted by Gasteiger charge is 2.35. The highest BCUT2D eigenvalue weighted by atomic mass is 16.5. The van der Waals surface area contributed by atoms with E-state index in [9.17, 15) is 9.59 Å². The molecule has 0 aromatic heterocycles. The number of anilines is 2. The van der Waals surface area contributed by atoms with Crippen molar-refractivity contribution in [3.05, 3.63) is 54.1 Å². The lowest BCUT2D eigenvalue weighted by atomic mass is 9.87. The number of ether oxygens (including phenoxy) is 1. The van der Waals surface area contributed by atoms with Crippen LogP contribution in [0.2, 0.25) is 0 Å². The van der Waals surface area contributed by atoms with Gasteiger partial charge < -0.3 is 15.0 Å². The molecule has 2 amide bonds. The standard InChI is InChI=1S/C22H26N2O3/c1-22(2,3)16-5-9-18(10-6-16)24-14-15(13-20(24)25)21(26)23-17-7-11-19(27-4)12-8-17/h5-12,15H,13-14H2,1-4H3,(H,23,26). The van der Waals surface area contributed by atoms with Crippen molar-refractivity contribution in [2.24, 2.45) is 5.92 Å². The van der Waals surface area contributed by atoms with Gasteiger partial charge in [-0.3, -0.25) is 9.59 Å². The first-order chi connectivity index (χ1) is 12.8. The van der Waals surface area contributed by atoms with Gasteiger partial charge >= 0.3 is 0 Å². The zero-order valence-corrected chi connectivity index (χ0v) is 16.3. The number of methoxy groups -OCH3 is 1. The Morgan fingerprint density at radius 1 is 1.07 bits per heavy atom. The molecule has 2 aromatic carbocycles. The van der Waals surface area contributed by atoms with Crippen molar-refractivity contribution in [3.63, 3.8) is 0 Å². The van der Waals surface area contributed by atoms with Crippen LogP contribution in [-0.4, -0.2) is 25.5 Å². The van der Waals surface area contributed by atoms with Gasteiger partial charge in [-0.15, -0.1) is 0 Å². The second kappa shape index (κ2) is 7.43. The summed E-state index contributed by atoms with van der Waals surface area (Å²) in [4.78, 5) is 26.7. The van der Waals surface area contributed by atoms with Gasteiger partial charge in [-0.1, -0.05) is 32.9 Å². The second-order valence-electron chi connectivity index (χ2n) is 7.92. The topological polar surface area (TPSA) is 58.6 Å². The van der Waals surface area contributed by atoms with Gasteiger partial charge in [0.25, 0.3) is 0 Å². The molecule has 1 aliphatic heterocycles. The van der Waals surface area contributed by atoms with Crippen molar-refractivity contribution >= 4 is 23.2 Å². The van der Waals surface area contributed by atoms with Crippen LogP contribution in [0.5, 0.6) is 5.75 Å². The highest BCUT2D eigenvalue weighted by molar-refractivity contribution is 6.03. The van der Waals surface area contributed by atoms with Crippen molar-refractivity contribution in [1.29, 1.82) is 0 Å². The monoisotopic (exact) mass is 366 g/mol. The quantitative estimate of drug-likeness (QED) is 0.890. The minimum Gasteiger partial charge on any atom is -0.497 e. The minimum absolute atomic E-state index is 0.0200. The first kappa shape index (κ1) is 19.0. The van der Waals surface area contributed by atoms with Crippen LogP contribution >= 0.6 is 0 Å². The molecule has 1 aliphatic rings. The molecular weight excluding hydrogens is 340 g/mol. The molecule has 142 valence electrons. The molecule has 0 radical (unpaired) electrons. The van der Waals surface area contributed by atoms with Crippen molar-refractivity contribution < 1.29 is 14.3 Å². The Morgan fingerprint density at radius 3 is 2.26 bits per heavy atom. The molecule has 5 nitrogen and oxygen atoms in total. The van der Waals surface area contributed by atoms with Crippen molar-refractivity contribution in [2.75, 3.05) is 23.9 Å². The van der Waals surface area contributed by atoms with E-state index in [1.807, 2.05) is 24.3 Å². The van der Waals surface area contributed by atoms with E-state index in [0.29, 0.717) is 12.2 Å². The van der Waals surface area contributed by atoms with Gasteiger partial charge in [0.2, 0.25) is 11.8 Å². The van der Waals surface area contributed by atoms with E-state index >= 15 is 0 Å². The maximum absolute atomic E-state index is 12.6. The molecule has 0 bridgehead atoms. The summed E-state index contributed by atoms with van der Waals surface area (Å²) in [6.45, 7) is 6.86. The Morgan fingerprint density at radius 2 is 1.70 bits per heavy atom. The van der Waals surface area contributed by atoms with Crippen LogP contribution in [0.1, 0.15) is 32.8 Å². The number of nitrogens with zero attached hydrogens (tertiary/aromatic N) is 1. The van der Waals surface area contributed by atoms with Gasteiger partial charge in [-0.25, -0.2) is 0 Å². The Labute approximate surface area is 160 Å². The molecule has 3 rings (SSSR count). The molecule has 1 heterocycles. The summed E-state index contributed by atoms with van der Waals surface area (Å²) < 4.78 is 5.12. The average molecular weight is 366 g/mol. The third-order valence-electron chi connectivity index (χ3n) is 4.90. The van der Waals surface area contributed by atoms with E-state index in [1.165, 1.54) is 5.56 Å².